The van der Waals surface area contributed by atoms with Gasteiger partial charge in [0.25, 0.3) is 5.91 Å². The zero-order valence-electron chi connectivity index (χ0n) is 16.3. The van der Waals surface area contributed by atoms with Crippen molar-refractivity contribution in [3.8, 4) is 0 Å². The molecule has 26 heavy (non-hydrogen) atoms. The van der Waals surface area contributed by atoms with Gasteiger partial charge in [0.2, 0.25) is 5.78 Å². The Bertz CT molecular complexity index is 500. The molecular formula is C18H31NO7. The molecule has 1 saturated heterocycles. The largest absolute Gasteiger partial charge is 0.460 e. The summed E-state index contributed by atoms with van der Waals surface area (Å²) in [5, 5.41) is 10.4. The molecule has 1 aliphatic rings. The van der Waals surface area contributed by atoms with Gasteiger partial charge in [0.1, 0.15) is 6.10 Å². The molecule has 1 N–H and O–H groups in total. The molecule has 1 fully saturated rings. The molecule has 1 amide bonds. The van der Waals surface area contributed by atoms with Crippen molar-refractivity contribution < 1.29 is 33.7 Å². The second kappa shape index (κ2) is 9.99. The summed E-state index contributed by atoms with van der Waals surface area (Å²) in [5.41, 5.74) is 0. The van der Waals surface area contributed by atoms with Crippen LogP contribution >= 0.6 is 0 Å². The number of carbonyl (C=O) groups is 3. The summed E-state index contributed by atoms with van der Waals surface area (Å²) in [6.45, 7) is 10.00. The Labute approximate surface area is 154 Å². The number of hydrogen-bond acceptors (Lipinski definition) is 7. The molecule has 0 spiro atoms. The topological polar surface area (TPSA) is 102 Å². The van der Waals surface area contributed by atoms with Crippen molar-refractivity contribution in [2.75, 3.05) is 19.7 Å². The van der Waals surface area contributed by atoms with Crippen LogP contribution in [0.15, 0.2) is 0 Å². The molecule has 150 valence electrons. The molecule has 0 unspecified atom stereocenters. The van der Waals surface area contributed by atoms with E-state index in [-0.39, 0.29) is 12.5 Å². The van der Waals surface area contributed by atoms with Crippen LogP contribution < -0.4 is 0 Å². The van der Waals surface area contributed by atoms with Crippen LogP contribution in [0.4, 0.5) is 0 Å². The third-order valence-electron chi connectivity index (χ3n) is 3.95. The lowest BCUT2D eigenvalue weighted by molar-refractivity contribution is -0.165. The van der Waals surface area contributed by atoms with E-state index in [4.69, 9.17) is 9.47 Å². The number of nitrogens with zero attached hydrogens (tertiary/aromatic N) is 1. The molecule has 0 aliphatic carbocycles. The Kier molecular flexibility index (Phi) is 8.66. The lowest BCUT2D eigenvalue weighted by Gasteiger charge is -2.27. The molecule has 0 bridgehead atoms. The van der Waals surface area contributed by atoms with Crippen molar-refractivity contribution in [1.29, 1.82) is 0 Å². The number of aliphatic hydroxyl groups is 1. The number of hydrogen-bond donors (Lipinski definition) is 1. The molecular weight excluding hydrogens is 342 g/mol. The fourth-order valence-electron chi connectivity index (χ4n) is 2.91. The predicted octanol–water partition coefficient (Wildman–Crippen LogP) is 1.04. The number of esters is 1. The predicted molar refractivity (Wildman–Crippen MR) is 93.3 cm³/mol. The second-order valence-electron chi connectivity index (χ2n) is 6.76. The number of aliphatic hydroxyl groups excluding tert-OH is 1. The van der Waals surface area contributed by atoms with Gasteiger partial charge in [-0.2, -0.15) is 0 Å². The normalized spacial score (nSPS) is 22.7. The van der Waals surface area contributed by atoms with Crippen molar-refractivity contribution in [3.05, 3.63) is 0 Å². The molecule has 1 heterocycles. The highest BCUT2D eigenvalue weighted by molar-refractivity contribution is 6.33. The summed E-state index contributed by atoms with van der Waals surface area (Å²) in [5.74, 6) is -3.24. The van der Waals surface area contributed by atoms with Gasteiger partial charge >= 0.3 is 5.97 Å². The van der Waals surface area contributed by atoms with Gasteiger partial charge in [-0.1, -0.05) is 13.8 Å². The highest BCUT2D eigenvalue weighted by atomic mass is 16.8. The minimum absolute atomic E-state index is 0.0703. The maximum absolute atomic E-state index is 12.9. The fraction of sp³-hybridized carbons (Fsp3) is 0.833. The lowest BCUT2D eigenvalue weighted by atomic mass is 10.0. The van der Waals surface area contributed by atoms with Crippen molar-refractivity contribution >= 4 is 17.7 Å². The first-order valence-electron chi connectivity index (χ1n) is 9.19. The van der Waals surface area contributed by atoms with Crippen LogP contribution in [0, 0.1) is 0 Å². The molecule has 8 nitrogen and oxygen atoms in total. The highest BCUT2D eigenvalue weighted by Gasteiger charge is 2.50. The lowest BCUT2D eigenvalue weighted by Crippen LogP contribution is -2.48. The number of amides is 1. The van der Waals surface area contributed by atoms with Crippen LogP contribution in [0.5, 0.6) is 0 Å². The van der Waals surface area contributed by atoms with Crippen LogP contribution in [0.3, 0.4) is 0 Å². The average molecular weight is 373 g/mol. The summed E-state index contributed by atoms with van der Waals surface area (Å²) < 4.78 is 16.0. The molecule has 0 aromatic carbocycles. The van der Waals surface area contributed by atoms with E-state index in [9.17, 15) is 19.5 Å². The minimum Gasteiger partial charge on any atom is -0.460 e. The summed E-state index contributed by atoms with van der Waals surface area (Å²) in [7, 11) is 0. The Balaban J connectivity index is 2.90. The molecule has 1 aliphatic heterocycles. The van der Waals surface area contributed by atoms with E-state index in [1.807, 2.05) is 13.8 Å². The second-order valence-corrected chi connectivity index (χ2v) is 6.76. The first-order chi connectivity index (χ1) is 12.2. The first-order valence-corrected chi connectivity index (χ1v) is 9.19. The molecule has 8 heteroatoms. The monoisotopic (exact) mass is 373 g/mol. The maximum atomic E-state index is 12.9. The van der Waals surface area contributed by atoms with E-state index >= 15 is 0 Å². The van der Waals surface area contributed by atoms with Crippen LogP contribution in [-0.4, -0.2) is 71.5 Å². The summed E-state index contributed by atoms with van der Waals surface area (Å²) in [4.78, 5) is 37.9. The molecule has 0 saturated carbocycles. The van der Waals surface area contributed by atoms with E-state index in [1.54, 1.807) is 25.7 Å². The van der Waals surface area contributed by atoms with Gasteiger partial charge in [0.15, 0.2) is 11.9 Å². The molecule has 0 aromatic rings. The van der Waals surface area contributed by atoms with Gasteiger partial charge in [0, 0.05) is 19.5 Å². The third kappa shape index (κ3) is 6.03. The quantitative estimate of drug-likeness (QED) is 0.451. The maximum Gasteiger partial charge on any atom is 0.374 e. The van der Waals surface area contributed by atoms with Crippen molar-refractivity contribution in [2.24, 2.45) is 0 Å². The van der Waals surface area contributed by atoms with E-state index in [0.717, 1.165) is 12.8 Å². The summed E-state index contributed by atoms with van der Waals surface area (Å²) >= 11 is 0. The number of Topliss-reactive ketones (excluding diaryl/α,β-unsaturated/α-hetero) is 1. The Morgan fingerprint density at radius 3 is 2.19 bits per heavy atom. The zero-order valence-corrected chi connectivity index (χ0v) is 16.3. The number of ketones is 1. The van der Waals surface area contributed by atoms with Gasteiger partial charge < -0.3 is 24.2 Å². The fourth-order valence-corrected chi connectivity index (χ4v) is 2.91. The Hall–Kier alpha value is -1.51. The summed E-state index contributed by atoms with van der Waals surface area (Å²) in [6.07, 6.45) is -2.34. The van der Waals surface area contributed by atoms with Crippen LogP contribution in [-0.2, 0) is 28.6 Å². The molecule has 0 aromatic heterocycles. The van der Waals surface area contributed by atoms with Gasteiger partial charge in [-0.15, -0.1) is 0 Å². The SMILES string of the molecule is CCCN(CCC)C(=O)[C@@H]1OC(C)(C)O[C@@H]1[C@H](O)CC(=O)C(=O)OCC. The van der Waals surface area contributed by atoms with Crippen LogP contribution in [0.1, 0.15) is 53.9 Å². The van der Waals surface area contributed by atoms with Crippen molar-refractivity contribution in [1.82, 2.24) is 4.90 Å². The first kappa shape index (κ1) is 22.5. The standard InChI is InChI=1S/C18H31NO7/c1-6-9-19(10-7-2)16(22)15-14(25-18(4,5)26-15)12(20)11-13(21)17(23)24-8-3/h12,14-15,20H,6-11H2,1-5H3/t12-,14-,15-/m1/s1. The number of ether oxygens (including phenoxy) is 3. The number of carbonyl (C=O) groups excluding carboxylic acids is 3. The molecule has 0 radical (unpaired) electrons. The number of rotatable bonds is 10. The van der Waals surface area contributed by atoms with Crippen LogP contribution in [0.2, 0.25) is 0 Å². The minimum atomic E-state index is -1.35. The van der Waals surface area contributed by atoms with Gasteiger partial charge in [-0.3, -0.25) is 9.59 Å². The van der Waals surface area contributed by atoms with Crippen molar-refractivity contribution in [2.45, 2.75) is 78.0 Å². The third-order valence-corrected chi connectivity index (χ3v) is 3.95. The van der Waals surface area contributed by atoms with E-state index < -0.39 is 42.3 Å². The Morgan fingerprint density at radius 2 is 1.69 bits per heavy atom. The van der Waals surface area contributed by atoms with Crippen LogP contribution in [0.25, 0.3) is 0 Å². The van der Waals surface area contributed by atoms with E-state index in [0.29, 0.717) is 13.1 Å². The van der Waals surface area contributed by atoms with Gasteiger partial charge in [-0.05, 0) is 33.6 Å². The van der Waals surface area contributed by atoms with Crippen molar-refractivity contribution in [3.63, 3.8) is 0 Å². The zero-order chi connectivity index (χ0) is 19.9. The Morgan fingerprint density at radius 1 is 1.12 bits per heavy atom. The molecule has 3 atom stereocenters. The highest BCUT2D eigenvalue weighted by Crippen LogP contribution is 2.32. The average Bonchev–Trinajstić information content (AvgIpc) is 2.90. The smallest absolute Gasteiger partial charge is 0.374 e. The molecule has 1 rings (SSSR count). The van der Waals surface area contributed by atoms with E-state index in [1.165, 1.54) is 0 Å². The van der Waals surface area contributed by atoms with Gasteiger partial charge in [0.05, 0.1) is 12.7 Å². The summed E-state index contributed by atoms with van der Waals surface area (Å²) in [6, 6.07) is 0. The van der Waals surface area contributed by atoms with E-state index in [2.05, 4.69) is 4.74 Å². The van der Waals surface area contributed by atoms with Gasteiger partial charge in [-0.25, -0.2) is 4.79 Å².